The van der Waals surface area contributed by atoms with Gasteiger partial charge in [-0.1, -0.05) is 25.8 Å². The predicted octanol–water partition coefficient (Wildman–Crippen LogP) is 0.229. The normalized spacial score (nSPS) is 23.2. The third kappa shape index (κ3) is 5.23. The molecule has 26 heavy (non-hydrogen) atoms. The van der Waals surface area contributed by atoms with E-state index in [2.05, 4.69) is 10.3 Å². The van der Waals surface area contributed by atoms with Gasteiger partial charge in [-0.2, -0.15) is 4.31 Å². The van der Waals surface area contributed by atoms with Crippen molar-refractivity contribution in [1.82, 2.24) is 14.6 Å². The summed E-state index contributed by atoms with van der Waals surface area (Å²) in [5.41, 5.74) is 5.87. The Hall–Kier alpha value is -1.55. The van der Waals surface area contributed by atoms with Crippen molar-refractivity contribution in [3.63, 3.8) is 0 Å². The summed E-state index contributed by atoms with van der Waals surface area (Å²) in [5, 5.41) is 13.2. The maximum atomic E-state index is 12.7. The van der Waals surface area contributed by atoms with E-state index in [9.17, 15) is 18.3 Å². The number of β-amino-alcohol motifs (C(OH)–C–C–N with tert-alkyl or cyclic N) is 1. The lowest BCUT2D eigenvalue weighted by molar-refractivity contribution is -0.124. The van der Waals surface area contributed by atoms with Crippen LogP contribution in [0.2, 0.25) is 0 Å². The molecule has 8 nitrogen and oxygen atoms in total. The van der Waals surface area contributed by atoms with E-state index in [1.54, 1.807) is 12.1 Å². The second-order valence-electron chi connectivity index (χ2n) is 6.60. The van der Waals surface area contributed by atoms with Gasteiger partial charge in [-0.15, -0.1) is 0 Å². The molecule has 1 saturated heterocycles. The Labute approximate surface area is 154 Å². The van der Waals surface area contributed by atoms with E-state index in [1.807, 2.05) is 6.92 Å². The summed E-state index contributed by atoms with van der Waals surface area (Å²) in [7, 11) is -3.77. The molecule has 0 saturated carbocycles. The fourth-order valence-corrected chi connectivity index (χ4v) is 4.40. The van der Waals surface area contributed by atoms with E-state index in [4.69, 9.17) is 5.73 Å². The van der Waals surface area contributed by atoms with Gasteiger partial charge in [-0.3, -0.25) is 4.79 Å². The number of aromatic nitrogens is 1. The quantitative estimate of drug-likeness (QED) is 0.618. The molecular formula is C17H28N4O4S. The van der Waals surface area contributed by atoms with Crippen molar-refractivity contribution in [3.8, 4) is 0 Å². The number of hydrogen-bond donors (Lipinski definition) is 3. The van der Waals surface area contributed by atoms with Gasteiger partial charge in [0.2, 0.25) is 5.91 Å². The fourth-order valence-electron chi connectivity index (χ4n) is 2.97. The number of aliphatic hydroxyl groups is 1. The number of amides is 1. The lowest BCUT2D eigenvalue weighted by Gasteiger charge is -2.25. The third-order valence-corrected chi connectivity index (χ3v) is 6.33. The first kappa shape index (κ1) is 20.8. The second-order valence-corrected chi connectivity index (χ2v) is 8.49. The van der Waals surface area contributed by atoms with Gasteiger partial charge in [-0.25, -0.2) is 13.4 Å². The number of rotatable bonds is 7. The van der Waals surface area contributed by atoms with Crippen LogP contribution in [0.25, 0.3) is 0 Å². The minimum absolute atomic E-state index is 0.0451. The van der Waals surface area contributed by atoms with Crippen molar-refractivity contribution < 1.29 is 18.3 Å². The van der Waals surface area contributed by atoms with Crippen LogP contribution in [0, 0.1) is 0 Å². The number of nitrogens with one attached hydrogen (secondary N) is 1. The topological polar surface area (TPSA) is 126 Å². The number of carbonyl (C=O) groups excluding carboxylic acids is 1. The average molecular weight is 385 g/mol. The Balaban J connectivity index is 2.02. The number of pyridine rings is 1. The summed E-state index contributed by atoms with van der Waals surface area (Å²) in [6.07, 6.45) is 3.83. The molecule has 0 spiro atoms. The molecule has 1 amide bonds. The first-order chi connectivity index (χ1) is 12.4. The molecule has 2 rings (SSSR count). The third-order valence-electron chi connectivity index (χ3n) is 4.55. The van der Waals surface area contributed by atoms with Crippen LogP contribution in [0.1, 0.15) is 39.0 Å². The van der Waals surface area contributed by atoms with Crippen molar-refractivity contribution in [2.24, 2.45) is 5.73 Å². The average Bonchev–Trinajstić information content (AvgIpc) is 2.82. The molecule has 0 radical (unpaired) electrons. The number of unbranched alkanes of at least 4 members (excludes halogenated alkanes) is 1. The molecule has 4 N–H and O–H groups in total. The van der Waals surface area contributed by atoms with Gasteiger partial charge in [0.1, 0.15) is 0 Å². The first-order valence-corrected chi connectivity index (χ1v) is 10.5. The van der Waals surface area contributed by atoms with E-state index in [1.165, 1.54) is 16.6 Å². The lowest BCUT2D eigenvalue weighted by atomic mass is 10.1. The summed E-state index contributed by atoms with van der Waals surface area (Å²) in [6.45, 7) is 2.20. The fraction of sp³-hybridized carbons (Fsp3) is 0.647. The van der Waals surface area contributed by atoms with Crippen molar-refractivity contribution in [3.05, 3.63) is 24.4 Å². The summed E-state index contributed by atoms with van der Waals surface area (Å²) in [4.78, 5) is 16.1. The molecule has 2 heterocycles. The standard InChI is InChI=1S/C17H28N4O4S/c1-2-3-7-13(18)17(23)20-14-8-6-11-21(12-15(14)22)26(24,25)16-9-4-5-10-19-16/h4-5,9-10,13-15,22H,2-3,6-8,11-12,18H2,1H3,(H,20,23)/t13?,14?,15-/m0/s1. The van der Waals surface area contributed by atoms with E-state index in [-0.39, 0.29) is 24.0 Å². The lowest BCUT2D eigenvalue weighted by Crippen LogP contribution is -2.51. The molecule has 0 aliphatic carbocycles. The van der Waals surface area contributed by atoms with Gasteiger partial charge in [0.25, 0.3) is 10.0 Å². The monoisotopic (exact) mass is 384 g/mol. The molecule has 2 unspecified atom stereocenters. The molecule has 1 aliphatic heterocycles. The zero-order valence-electron chi connectivity index (χ0n) is 15.0. The minimum atomic E-state index is -3.77. The van der Waals surface area contributed by atoms with Gasteiger partial charge in [-0.05, 0) is 31.4 Å². The van der Waals surface area contributed by atoms with Crippen LogP contribution >= 0.6 is 0 Å². The predicted molar refractivity (Wildman–Crippen MR) is 97.7 cm³/mol. The summed E-state index contributed by atoms with van der Waals surface area (Å²) in [6, 6.07) is 3.55. The van der Waals surface area contributed by atoms with Gasteiger partial charge in [0.05, 0.1) is 18.2 Å². The Morgan fingerprint density at radius 1 is 1.50 bits per heavy atom. The zero-order valence-corrected chi connectivity index (χ0v) is 15.9. The Morgan fingerprint density at radius 2 is 2.27 bits per heavy atom. The largest absolute Gasteiger partial charge is 0.390 e. The van der Waals surface area contributed by atoms with Gasteiger partial charge in [0, 0.05) is 19.3 Å². The van der Waals surface area contributed by atoms with Gasteiger partial charge < -0.3 is 16.2 Å². The second kappa shape index (κ2) is 9.40. The van der Waals surface area contributed by atoms with E-state index in [0.717, 1.165) is 12.8 Å². The van der Waals surface area contributed by atoms with Crippen molar-refractivity contribution >= 4 is 15.9 Å². The number of nitrogens with two attached hydrogens (primary N) is 1. The van der Waals surface area contributed by atoms with Gasteiger partial charge in [0.15, 0.2) is 5.03 Å². The number of hydrogen-bond acceptors (Lipinski definition) is 6. The molecule has 146 valence electrons. The molecule has 1 aromatic rings. The zero-order chi connectivity index (χ0) is 19.2. The van der Waals surface area contributed by atoms with Crippen molar-refractivity contribution in [2.75, 3.05) is 13.1 Å². The van der Waals surface area contributed by atoms with Crippen LogP contribution < -0.4 is 11.1 Å². The van der Waals surface area contributed by atoms with E-state index in [0.29, 0.717) is 19.3 Å². The molecule has 1 fully saturated rings. The molecule has 0 bridgehead atoms. The Morgan fingerprint density at radius 3 is 2.92 bits per heavy atom. The summed E-state index contributed by atoms with van der Waals surface area (Å²) in [5.74, 6) is -0.302. The molecule has 9 heteroatoms. The van der Waals surface area contributed by atoms with Crippen LogP contribution in [-0.2, 0) is 14.8 Å². The molecule has 1 aliphatic rings. The summed E-state index contributed by atoms with van der Waals surface area (Å²) < 4.78 is 26.6. The van der Waals surface area contributed by atoms with Crippen LogP contribution in [0.15, 0.2) is 29.4 Å². The smallest absolute Gasteiger partial charge is 0.260 e. The van der Waals surface area contributed by atoms with Gasteiger partial charge >= 0.3 is 0 Å². The van der Waals surface area contributed by atoms with Crippen LogP contribution in [0.3, 0.4) is 0 Å². The number of carbonyl (C=O) groups is 1. The maximum absolute atomic E-state index is 12.7. The molecular weight excluding hydrogens is 356 g/mol. The van der Waals surface area contributed by atoms with Crippen molar-refractivity contribution in [2.45, 2.75) is 62.2 Å². The highest BCUT2D eigenvalue weighted by molar-refractivity contribution is 7.89. The number of nitrogens with zero attached hydrogens (tertiary/aromatic N) is 2. The highest BCUT2D eigenvalue weighted by Crippen LogP contribution is 2.19. The molecule has 3 atom stereocenters. The van der Waals surface area contributed by atoms with Crippen LogP contribution in [0.4, 0.5) is 0 Å². The summed E-state index contributed by atoms with van der Waals surface area (Å²) >= 11 is 0. The highest BCUT2D eigenvalue weighted by atomic mass is 32.2. The number of sulfonamides is 1. The Bertz CT molecular complexity index is 683. The first-order valence-electron chi connectivity index (χ1n) is 9.01. The van der Waals surface area contributed by atoms with Crippen molar-refractivity contribution in [1.29, 1.82) is 0 Å². The number of aliphatic hydroxyl groups excluding tert-OH is 1. The van der Waals surface area contributed by atoms with E-state index < -0.39 is 28.2 Å². The maximum Gasteiger partial charge on any atom is 0.260 e. The SMILES string of the molecule is CCCCC(N)C(=O)NC1CCCN(S(=O)(=O)c2ccccn2)C[C@@H]1O. The van der Waals surface area contributed by atoms with Crippen LogP contribution in [0.5, 0.6) is 0 Å². The highest BCUT2D eigenvalue weighted by Gasteiger charge is 2.34. The molecule has 1 aromatic heterocycles. The minimum Gasteiger partial charge on any atom is -0.390 e. The van der Waals surface area contributed by atoms with E-state index >= 15 is 0 Å². The molecule has 0 aromatic carbocycles. The van der Waals surface area contributed by atoms with Crippen LogP contribution in [-0.4, -0.2) is 60.0 Å². The Kier molecular flexibility index (Phi) is 7.51.